The summed E-state index contributed by atoms with van der Waals surface area (Å²) >= 11 is 0. The van der Waals surface area contributed by atoms with Crippen LogP contribution in [0.5, 0.6) is 5.75 Å². The van der Waals surface area contributed by atoms with Gasteiger partial charge in [0.15, 0.2) is 0 Å². The summed E-state index contributed by atoms with van der Waals surface area (Å²) in [6.07, 6.45) is 1.18. The predicted molar refractivity (Wildman–Crippen MR) is 103 cm³/mol. The first-order chi connectivity index (χ1) is 12.9. The molecule has 0 bridgehead atoms. The van der Waals surface area contributed by atoms with Gasteiger partial charge < -0.3 is 10.1 Å². The molecule has 7 heteroatoms. The average molecular weight is 388 g/mol. The second-order valence-electron chi connectivity index (χ2n) is 6.69. The van der Waals surface area contributed by atoms with Crippen LogP contribution in [-0.4, -0.2) is 44.9 Å². The molecular weight excluding hydrogens is 364 g/mol. The van der Waals surface area contributed by atoms with Crippen molar-refractivity contribution in [3.8, 4) is 5.75 Å². The van der Waals surface area contributed by atoms with E-state index in [-0.39, 0.29) is 16.8 Å². The molecule has 144 valence electrons. The lowest BCUT2D eigenvalue weighted by atomic mass is 10.1. The van der Waals surface area contributed by atoms with Gasteiger partial charge in [-0.25, -0.2) is 8.42 Å². The van der Waals surface area contributed by atoms with E-state index in [0.29, 0.717) is 37.2 Å². The van der Waals surface area contributed by atoms with Crippen LogP contribution in [-0.2, 0) is 10.0 Å². The van der Waals surface area contributed by atoms with Crippen LogP contribution in [0.1, 0.15) is 28.8 Å². The van der Waals surface area contributed by atoms with Crippen molar-refractivity contribution >= 4 is 15.9 Å². The quantitative estimate of drug-likeness (QED) is 0.854. The highest BCUT2D eigenvalue weighted by molar-refractivity contribution is 7.89. The molecule has 2 aromatic rings. The number of piperidine rings is 1. The highest BCUT2D eigenvalue weighted by Crippen LogP contribution is 2.23. The van der Waals surface area contributed by atoms with Crippen molar-refractivity contribution in [2.45, 2.75) is 30.7 Å². The first-order valence-corrected chi connectivity index (χ1v) is 10.4. The largest absolute Gasteiger partial charge is 0.497 e. The summed E-state index contributed by atoms with van der Waals surface area (Å²) < 4.78 is 32.1. The molecule has 0 unspecified atom stereocenters. The second kappa shape index (κ2) is 8.10. The van der Waals surface area contributed by atoms with Crippen LogP contribution >= 0.6 is 0 Å². The monoisotopic (exact) mass is 388 g/mol. The summed E-state index contributed by atoms with van der Waals surface area (Å²) in [7, 11) is -1.99. The Morgan fingerprint density at radius 3 is 2.19 bits per heavy atom. The number of hydrogen-bond donors (Lipinski definition) is 1. The molecule has 1 amide bonds. The molecule has 3 rings (SSSR count). The van der Waals surface area contributed by atoms with Gasteiger partial charge in [0, 0.05) is 24.7 Å². The third kappa shape index (κ3) is 4.48. The number of carbonyl (C=O) groups excluding carboxylic acids is 1. The fourth-order valence-corrected chi connectivity index (χ4v) is 4.58. The summed E-state index contributed by atoms with van der Waals surface area (Å²) in [5.74, 6) is 0.498. The number of methoxy groups -OCH3 is 1. The van der Waals surface area contributed by atoms with Crippen molar-refractivity contribution in [2.24, 2.45) is 0 Å². The van der Waals surface area contributed by atoms with Crippen LogP contribution in [0.4, 0.5) is 0 Å². The zero-order valence-electron chi connectivity index (χ0n) is 15.5. The first kappa shape index (κ1) is 19.4. The SMILES string of the molecule is COc1ccc(S(=O)(=O)N2CCC(NC(=O)c3ccc(C)cc3)CC2)cc1. The molecule has 1 fully saturated rings. The second-order valence-corrected chi connectivity index (χ2v) is 8.63. The lowest BCUT2D eigenvalue weighted by molar-refractivity contribution is 0.0924. The van der Waals surface area contributed by atoms with Crippen molar-refractivity contribution in [2.75, 3.05) is 20.2 Å². The van der Waals surface area contributed by atoms with E-state index in [2.05, 4.69) is 5.32 Å². The van der Waals surface area contributed by atoms with Gasteiger partial charge in [0.05, 0.1) is 12.0 Å². The van der Waals surface area contributed by atoms with Crippen LogP contribution in [0.25, 0.3) is 0 Å². The van der Waals surface area contributed by atoms with Crippen molar-refractivity contribution < 1.29 is 17.9 Å². The van der Waals surface area contributed by atoms with Crippen LogP contribution in [0.3, 0.4) is 0 Å². The fraction of sp³-hybridized carbons (Fsp3) is 0.350. The minimum Gasteiger partial charge on any atom is -0.497 e. The number of carbonyl (C=O) groups is 1. The molecule has 6 nitrogen and oxygen atoms in total. The van der Waals surface area contributed by atoms with E-state index in [4.69, 9.17) is 4.74 Å². The van der Waals surface area contributed by atoms with E-state index in [9.17, 15) is 13.2 Å². The van der Waals surface area contributed by atoms with Gasteiger partial charge in [-0.1, -0.05) is 17.7 Å². The normalized spacial score (nSPS) is 16.1. The number of nitrogens with one attached hydrogen (secondary N) is 1. The van der Waals surface area contributed by atoms with Gasteiger partial charge in [0.25, 0.3) is 5.91 Å². The Hall–Kier alpha value is -2.38. The Balaban J connectivity index is 1.59. The Kier molecular flexibility index (Phi) is 5.82. The third-order valence-corrected chi connectivity index (χ3v) is 6.71. The average Bonchev–Trinajstić information content (AvgIpc) is 2.69. The van der Waals surface area contributed by atoms with Gasteiger partial charge >= 0.3 is 0 Å². The maximum absolute atomic E-state index is 12.8. The van der Waals surface area contributed by atoms with Gasteiger partial charge in [-0.15, -0.1) is 0 Å². The Morgan fingerprint density at radius 2 is 1.63 bits per heavy atom. The molecule has 0 aromatic heterocycles. The summed E-state index contributed by atoms with van der Waals surface area (Å²) in [5.41, 5.74) is 1.72. The zero-order chi connectivity index (χ0) is 19.4. The van der Waals surface area contributed by atoms with E-state index in [1.54, 1.807) is 43.5 Å². The smallest absolute Gasteiger partial charge is 0.251 e. The molecule has 1 aliphatic rings. The van der Waals surface area contributed by atoms with E-state index in [1.807, 2.05) is 19.1 Å². The Bertz CT molecular complexity index is 885. The van der Waals surface area contributed by atoms with Crippen LogP contribution < -0.4 is 10.1 Å². The summed E-state index contributed by atoms with van der Waals surface area (Å²) in [4.78, 5) is 12.6. The van der Waals surface area contributed by atoms with E-state index >= 15 is 0 Å². The zero-order valence-corrected chi connectivity index (χ0v) is 16.3. The maximum Gasteiger partial charge on any atom is 0.251 e. The van der Waals surface area contributed by atoms with Crippen LogP contribution in [0.15, 0.2) is 53.4 Å². The standard InChI is InChI=1S/C20H24N2O4S/c1-15-3-5-16(6-4-15)20(23)21-17-11-13-22(14-12-17)27(24,25)19-9-7-18(26-2)8-10-19/h3-10,17H,11-14H2,1-2H3,(H,21,23). The molecule has 0 spiro atoms. The highest BCUT2D eigenvalue weighted by atomic mass is 32.2. The maximum atomic E-state index is 12.8. The number of amides is 1. The molecule has 1 N–H and O–H groups in total. The Labute approximate surface area is 160 Å². The molecular formula is C20H24N2O4S. The van der Waals surface area contributed by atoms with Crippen molar-refractivity contribution in [3.05, 3.63) is 59.7 Å². The predicted octanol–water partition coefficient (Wildman–Crippen LogP) is 2.59. The van der Waals surface area contributed by atoms with Gasteiger partial charge in [-0.05, 0) is 56.2 Å². The Morgan fingerprint density at radius 1 is 1.04 bits per heavy atom. The van der Waals surface area contributed by atoms with E-state index < -0.39 is 10.0 Å². The fourth-order valence-electron chi connectivity index (χ4n) is 3.11. The molecule has 0 saturated carbocycles. The summed E-state index contributed by atoms with van der Waals surface area (Å²) in [6.45, 7) is 2.74. The van der Waals surface area contributed by atoms with Gasteiger partial charge in [-0.3, -0.25) is 4.79 Å². The minimum absolute atomic E-state index is 0.0267. The number of nitrogens with zero attached hydrogens (tertiary/aromatic N) is 1. The molecule has 0 aliphatic carbocycles. The first-order valence-electron chi connectivity index (χ1n) is 8.92. The molecule has 0 atom stereocenters. The molecule has 27 heavy (non-hydrogen) atoms. The van der Waals surface area contributed by atoms with Crippen molar-refractivity contribution in [3.63, 3.8) is 0 Å². The highest BCUT2D eigenvalue weighted by Gasteiger charge is 2.30. The molecule has 1 aliphatic heterocycles. The lowest BCUT2D eigenvalue weighted by Gasteiger charge is -2.31. The van der Waals surface area contributed by atoms with Gasteiger partial charge in [-0.2, -0.15) is 4.31 Å². The number of hydrogen-bond acceptors (Lipinski definition) is 4. The lowest BCUT2D eigenvalue weighted by Crippen LogP contribution is -2.46. The minimum atomic E-state index is -3.53. The molecule has 1 heterocycles. The number of sulfonamides is 1. The molecule has 0 radical (unpaired) electrons. The summed E-state index contributed by atoms with van der Waals surface area (Å²) in [6, 6.07) is 13.8. The number of aryl methyl sites for hydroxylation is 1. The van der Waals surface area contributed by atoms with E-state index in [0.717, 1.165) is 5.56 Å². The van der Waals surface area contributed by atoms with Crippen LogP contribution in [0, 0.1) is 6.92 Å². The van der Waals surface area contributed by atoms with Gasteiger partial charge in [0.1, 0.15) is 5.75 Å². The third-order valence-electron chi connectivity index (χ3n) is 4.80. The number of ether oxygens (including phenoxy) is 1. The molecule has 2 aromatic carbocycles. The van der Waals surface area contributed by atoms with E-state index in [1.165, 1.54) is 4.31 Å². The van der Waals surface area contributed by atoms with Crippen LogP contribution in [0.2, 0.25) is 0 Å². The van der Waals surface area contributed by atoms with Gasteiger partial charge in [0.2, 0.25) is 10.0 Å². The summed E-state index contributed by atoms with van der Waals surface area (Å²) in [5, 5.41) is 3.00. The van der Waals surface area contributed by atoms with Crippen molar-refractivity contribution in [1.29, 1.82) is 0 Å². The topological polar surface area (TPSA) is 75.7 Å². The molecule has 1 saturated heterocycles. The van der Waals surface area contributed by atoms with Crippen molar-refractivity contribution in [1.82, 2.24) is 9.62 Å². The number of rotatable bonds is 5. The number of benzene rings is 2.